The summed E-state index contributed by atoms with van der Waals surface area (Å²) in [5.41, 5.74) is 7.08. The summed E-state index contributed by atoms with van der Waals surface area (Å²) in [7, 11) is 1.59. The third-order valence-electron chi connectivity index (χ3n) is 5.27. The van der Waals surface area contributed by atoms with Crippen LogP contribution in [0.5, 0.6) is 11.5 Å². The third kappa shape index (κ3) is 5.35. The molecule has 0 saturated heterocycles. The van der Waals surface area contributed by atoms with Crippen molar-refractivity contribution in [2.45, 2.75) is 20.0 Å². The van der Waals surface area contributed by atoms with Gasteiger partial charge in [0.2, 0.25) is 0 Å². The molecule has 0 radical (unpaired) electrons. The Morgan fingerprint density at radius 2 is 1.91 bits per heavy atom. The molecule has 4 rings (SSSR count). The average Bonchev–Trinajstić information content (AvgIpc) is 3.29. The summed E-state index contributed by atoms with van der Waals surface area (Å²) >= 11 is 0. The number of carbonyl (C=O) groups is 1. The summed E-state index contributed by atoms with van der Waals surface area (Å²) in [5.74, 6) is 1.01. The van der Waals surface area contributed by atoms with Crippen molar-refractivity contribution in [2.75, 3.05) is 7.11 Å². The number of fused-ring (bicyclic) bond motifs is 1. The molecule has 0 fully saturated rings. The van der Waals surface area contributed by atoms with Crippen molar-refractivity contribution in [1.82, 2.24) is 5.43 Å². The van der Waals surface area contributed by atoms with E-state index in [1.165, 1.54) is 5.56 Å². The van der Waals surface area contributed by atoms with E-state index in [1.54, 1.807) is 25.5 Å². The van der Waals surface area contributed by atoms with Crippen molar-refractivity contribution in [1.29, 1.82) is 0 Å². The molecule has 1 N–H and O–H groups in total. The van der Waals surface area contributed by atoms with Gasteiger partial charge in [0, 0.05) is 10.9 Å². The molecule has 0 saturated carbocycles. The minimum absolute atomic E-state index is 0.197. The zero-order valence-electron chi connectivity index (χ0n) is 19.2. The fourth-order valence-electron chi connectivity index (χ4n) is 3.53. The number of rotatable bonds is 9. The molecular formula is C28H26N2O4. The maximum atomic E-state index is 12.4. The second-order valence-electron chi connectivity index (χ2n) is 7.83. The number of carbonyl (C=O) groups excluding carboxylic acids is 1. The predicted molar refractivity (Wildman–Crippen MR) is 134 cm³/mol. The normalized spacial score (nSPS) is 11.0. The van der Waals surface area contributed by atoms with Crippen LogP contribution in [0.15, 0.2) is 88.9 Å². The van der Waals surface area contributed by atoms with E-state index in [0.717, 1.165) is 22.1 Å². The smallest absolute Gasteiger partial charge is 0.307 e. The van der Waals surface area contributed by atoms with Crippen LogP contribution < -0.4 is 14.9 Å². The maximum Gasteiger partial charge on any atom is 0.307 e. The van der Waals surface area contributed by atoms with Gasteiger partial charge in [0.1, 0.15) is 12.2 Å². The number of nitrogens with zero attached hydrogens (tertiary/aromatic N) is 1. The Morgan fingerprint density at radius 1 is 1.12 bits per heavy atom. The standard InChI is InChI=1S/C28H26N2O4/c1-4-7-23-14-21(15-25(32-3)27(23)33-18-20-12-10-19(2)11-13-20)17-29-30-28(31)26-16-22-8-5-6-9-24(22)34-26/h4-6,8-17H,1,7,18H2,2-3H3,(H,30,31)/b29-17+. The second-order valence-corrected chi connectivity index (χ2v) is 7.83. The number of allylic oxidation sites excluding steroid dienone is 1. The van der Waals surface area contributed by atoms with Gasteiger partial charge in [-0.2, -0.15) is 5.10 Å². The lowest BCUT2D eigenvalue weighted by Crippen LogP contribution is -2.16. The topological polar surface area (TPSA) is 73.1 Å². The van der Waals surface area contributed by atoms with Crippen molar-refractivity contribution in [2.24, 2.45) is 5.10 Å². The summed E-state index contributed by atoms with van der Waals surface area (Å²) in [5, 5.41) is 4.95. The molecule has 0 bridgehead atoms. The molecule has 4 aromatic rings. The first kappa shape index (κ1) is 22.9. The number of hydrogen-bond donors (Lipinski definition) is 1. The quantitative estimate of drug-likeness (QED) is 0.196. The minimum atomic E-state index is -0.427. The number of amides is 1. The summed E-state index contributed by atoms with van der Waals surface area (Å²) in [6, 6.07) is 21.1. The van der Waals surface area contributed by atoms with Crippen LogP contribution in [-0.4, -0.2) is 19.2 Å². The zero-order valence-corrected chi connectivity index (χ0v) is 19.2. The Labute approximate surface area is 198 Å². The molecule has 3 aromatic carbocycles. The van der Waals surface area contributed by atoms with E-state index in [9.17, 15) is 4.79 Å². The molecule has 6 nitrogen and oxygen atoms in total. The maximum absolute atomic E-state index is 12.4. The average molecular weight is 455 g/mol. The van der Waals surface area contributed by atoms with Gasteiger partial charge >= 0.3 is 5.91 Å². The highest BCUT2D eigenvalue weighted by Crippen LogP contribution is 2.34. The molecule has 0 aliphatic heterocycles. The second kappa shape index (κ2) is 10.5. The van der Waals surface area contributed by atoms with E-state index in [1.807, 2.05) is 48.5 Å². The van der Waals surface area contributed by atoms with Crippen LogP contribution in [0.3, 0.4) is 0 Å². The molecule has 1 heterocycles. The Bertz CT molecular complexity index is 1300. The largest absolute Gasteiger partial charge is 0.493 e. The van der Waals surface area contributed by atoms with Crippen LogP contribution in [0.1, 0.15) is 32.8 Å². The Hall–Kier alpha value is -4.32. The van der Waals surface area contributed by atoms with Gasteiger partial charge in [-0.1, -0.05) is 54.1 Å². The van der Waals surface area contributed by atoms with Crippen molar-refractivity contribution >= 4 is 23.1 Å². The fourth-order valence-corrected chi connectivity index (χ4v) is 3.53. The first-order valence-electron chi connectivity index (χ1n) is 10.9. The lowest BCUT2D eigenvalue weighted by Gasteiger charge is -2.16. The number of methoxy groups -OCH3 is 1. The lowest BCUT2D eigenvalue weighted by molar-refractivity contribution is 0.0929. The molecule has 1 aromatic heterocycles. The predicted octanol–water partition coefficient (Wildman–Crippen LogP) is 5.82. The summed E-state index contributed by atoms with van der Waals surface area (Å²) in [4.78, 5) is 12.4. The molecular weight excluding hydrogens is 428 g/mol. The Morgan fingerprint density at radius 3 is 2.65 bits per heavy atom. The minimum Gasteiger partial charge on any atom is -0.493 e. The molecule has 0 aliphatic carbocycles. The van der Waals surface area contributed by atoms with Crippen LogP contribution in [0, 0.1) is 6.92 Å². The highest BCUT2D eigenvalue weighted by atomic mass is 16.5. The highest BCUT2D eigenvalue weighted by Gasteiger charge is 2.14. The summed E-state index contributed by atoms with van der Waals surface area (Å²) in [6.45, 7) is 6.32. The molecule has 0 atom stereocenters. The van der Waals surface area contributed by atoms with E-state index >= 15 is 0 Å². The van der Waals surface area contributed by atoms with E-state index in [-0.39, 0.29) is 5.76 Å². The van der Waals surface area contributed by atoms with Gasteiger partial charge in [0.15, 0.2) is 17.3 Å². The Kier molecular flexibility index (Phi) is 7.08. The van der Waals surface area contributed by atoms with Crippen molar-refractivity contribution in [3.63, 3.8) is 0 Å². The molecule has 34 heavy (non-hydrogen) atoms. The SMILES string of the molecule is C=CCc1cc(/C=N/NC(=O)c2cc3ccccc3o2)cc(OC)c1OCc1ccc(C)cc1. The van der Waals surface area contributed by atoms with Gasteiger partial charge in [-0.05, 0) is 48.7 Å². The summed E-state index contributed by atoms with van der Waals surface area (Å²) < 4.78 is 17.3. The van der Waals surface area contributed by atoms with Crippen molar-refractivity contribution in [3.8, 4) is 11.5 Å². The number of nitrogens with one attached hydrogen (secondary N) is 1. The van der Waals surface area contributed by atoms with E-state index in [2.05, 4.69) is 36.2 Å². The van der Waals surface area contributed by atoms with E-state index in [4.69, 9.17) is 13.9 Å². The van der Waals surface area contributed by atoms with E-state index < -0.39 is 5.91 Å². The van der Waals surface area contributed by atoms with Gasteiger partial charge in [0.05, 0.1) is 13.3 Å². The van der Waals surface area contributed by atoms with E-state index in [0.29, 0.717) is 30.1 Å². The molecule has 172 valence electrons. The fraction of sp³-hybridized carbons (Fsp3) is 0.143. The number of para-hydroxylation sites is 1. The van der Waals surface area contributed by atoms with Crippen LogP contribution in [-0.2, 0) is 13.0 Å². The number of hydrazone groups is 1. The van der Waals surface area contributed by atoms with Gasteiger partial charge in [0.25, 0.3) is 0 Å². The van der Waals surface area contributed by atoms with Crippen molar-refractivity contribution in [3.05, 3.63) is 107 Å². The number of benzene rings is 3. The van der Waals surface area contributed by atoms with Gasteiger partial charge in [-0.15, -0.1) is 6.58 Å². The van der Waals surface area contributed by atoms with Crippen LogP contribution in [0.2, 0.25) is 0 Å². The number of aryl methyl sites for hydroxylation is 1. The number of hydrogen-bond acceptors (Lipinski definition) is 5. The van der Waals surface area contributed by atoms with Gasteiger partial charge in [-0.3, -0.25) is 4.79 Å². The lowest BCUT2D eigenvalue weighted by atomic mass is 10.1. The number of ether oxygens (including phenoxy) is 2. The molecule has 1 amide bonds. The molecule has 6 heteroatoms. The van der Waals surface area contributed by atoms with Gasteiger partial charge in [-0.25, -0.2) is 5.43 Å². The number of furan rings is 1. The highest BCUT2D eigenvalue weighted by molar-refractivity contribution is 5.96. The zero-order chi connectivity index (χ0) is 23.9. The summed E-state index contributed by atoms with van der Waals surface area (Å²) in [6.07, 6.45) is 3.95. The van der Waals surface area contributed by atoms with Crippen molar-refractivity contribution < 1.29 is 18.7 Å². The molecule has 0 aliphatic rings. The molecule has 0 spiro atoms. The first-order valence-corrected chi connectivity index (χ1v) is 10.9. The first-order chi connectivity index (χ1) is 16.6. The van der Waals surface area contributed by atoms with Crippen LogP contribution >= 0.6 is 0 Å². The Balaban J connectivity index is 1.50. The van der Waals surface area contributed by atoms with Crippen LogP contribution in [0.25, 0.3) is 11.0 Å². The van der Waals surface area contributed by atoms with Gasteiger partial charge < -0.3 is 13.9 Å². The van der Waals surface area contributed by atoms with Crippen LogP contribution in [0.4, 0.5) is 0 Å². The monoisotopic (exact) mass is 454 g/mol. The third-order valence-corrected chi connectivity index (χ3v) is 5.27. The molecule has 0 unspecified atom stereocenters.